The number of urea groups is 1. The Hall–Kier alpha value is -4.62. The fourth-order valence-corrected chi connectivity index (χ4v) is 5.38. The molecule has 0 saturated carbocycles. The summed E-state index contributed by atoms with van der Waals surface area (Å²) < 4.78 is 18.1. The first-order valence-electron chi connectivity index (χ1n) is 13.8. The molecule has 2 aromatic heterocycles. The Balaban J connectivity index is 1.47. The molecule has 0 spiro atoms. The number of fused-ring (bicyclic) bond motifs is 1. The summed E-state index contributed by atoms with van der Waals surface area (Å²) in [5.41, 5.74) is 14.1. The number of likely N-dealkylation sites (tertiary alicyclic amines) is 1. The summed E-state index contributed by atoms with van der Waals surface area (Å²) in [6.45, 7) is 3.92. The van der Waals surface area contributed by atoms with Gasteiger partial charge in [-0.2, -0.15) is 5.10 Å². The van der Waals surface area contributed by atoms with Gasteiger partial charge in [-0.3, -0.25) is 9.69 Å². The molecule has 3 amide bonds. The molecule has 1 aliphatic rings. The highest BCUT2D eigenvalue weighted by molar-refractivity contribution is 6.02. The van der Waals surface area contributed by atoms with Gasteiger partial charge < -0.3 is 26.8 Å². The number of nitrogen functional groups attached to an aromatic ring is 1. The molecule has 3 heterocycles. The fourth-order valence-electron chi connectivity index (χ4n) is 5.38. The second kappa shape index (κ2) is 12.5. The third-order valence-corrected chi connectivity index (χ3v) is 7.44. The maximum Gasteiger partial charge on any atom is 0.323 e. The summed E-state index contributed by atoms with van der Waals surface area (Å²) in [7, 11) is 0. The van der Waals surface area contributed by atoms with Crippen LogP contribution in [0.2, 0.25) is 0 Å². The minimum atomic E-state index is -0.833. The number of nitrogens with two attached hydrogens (primary N) is 2. The van der Waals surface area contributed by atoms with Crippen molar-refractivity contribution in [1.82, 2.24) is 30.0 Å². The molecule has 1 saturated heterocycles. The third-order valence-electron chi connectivity index (χ3n) is 7.44. The molecule has 4 aromatic rings. The van der Waals surface area contributed by atoms with Gasteiger partial charge in [0.1, 0.15) is 17.8 Å². The maximum absolute atomic E-state index is 16.3. The van der Waals surface area contributed by atoms with E-state index in [-0.39, 0.29) is 41.3 Å². The summed E-state index contributed by atoms with van der Waals surface area (Å²) in [5, 5.41) is 17.1. The number of piperidine rings is 1. The first-order chi connectivity index (χ1) is 20.3. The van der Waals surface area contributed by atoms with Crippen LogP contribution >= 0.6 is 0 Å². The second-order valence-corrected chi connectivity index (χ2v) is 10.2. The number of carbonyl (C=O) groups excluding carboxylic acids is 2. The van der Waals surface area contributed by atoms with E-state index in [2.05, 4.69) is 15.3 Å². The van der Waals surface area contributed by atoms with Crippen molar-refractivity contribution >= 4 is 40.2 Å². The lowest BCUT2D eigenvalue weighted by molar-refractivity contribution is -0.132. The molecule has 1 fully saturated rings. The van der Waals surface area contributed by atoms with Crippen LogP contribution < -0.4 is 21.7 Å². The zero-order valence-corrected chi connectivity index (χ0v) is 23.3. The number of amides is 3. The molecule has 0 atom stereocenters. The summed E-state index contributed by atoms with van der Waals surface area (Å²) in [4.78, 5) is 36.7. The summed E-state index contributed by atoms with van der Waals surface area (Å²) in [6, 6.07) is 10.8. The van der Waals surface area contributed by atoms with Crippen LogP contribution in [0.1, 0.15) is 30.9 Å². The van der Waals surface area contributed by atoms with E-state index in [1.165, 1.54) is 12.4 Å². The number of benzene rings is 2. The van der Waals surface area contributed by atoms with Crippen LogP contribution in [0.5, 0.6) is 0 Å². The van der Waals surface area contributed by atoms with Gasteiger partial charge in [0.2, 0.25) is 5.91 Å². The second-order valence-electron chi connectivity index (χ2n) is 10.2. The van der Waals surface area contributed by atoms with Crippen molar-refractivity contribution in [2.75, 3.05) is 43.4 Å². The van der Waals surface area contributed by atoms with Crippen LogP contribution in [0.4, 0.5) is 26.4 Å². The van der Waals surface area contributed by atoms with E-state index >= 15 is 4.39 Å². The van der Waals surface area contributed by atoms with E-state index in [0.29, 0.717) is 62.2 Å². The van der Waals surface area contributed by atoms with Crippen molar-refractivity contribution in [3.05, 3.63) is 60.2 Å². The van der Waals surface area contributed by atoms with Gasteiger partial charge in [0, 0.05) is 38.2 Å². The largest absolute Gasteiger partial charge is 0.395 e. The molecule has 13 heteroatoms. The Morgan fingerprint density at radius 1 is 1.14 bits per heavy atom. The predicted octanol–water partition coefficient (Wildman–Crippen LogP) is 2.88. The highest BCUT2D eigenvalue weighted by Gasteiger charge is 2.29. The standard InChI is InChI=1S/C29H34FN9O3/c1-18-4-2-5-20(16-18)38(29(32)42)22-7-3-6-21(25(22)30)26-24-27(31)34-17-35-28(24)39(36-26)19-9-13-37(14-10-19)23(41)8-11-33-12-15-40/h2-7,16-17,19,33,40H,8-15H2,1H3,(H2,32,42)(H2,31,34,35). The maximum atomic E-state index is 16.3. The van der Waals surface area contributed by atoms with E-state index in [0.717, 1.165) is 10.5 Å². The number of nitrogens with one attached hydrogen (secondary N) is 1. The third kappa shape index (κ3) is 5.74. The molecule has 5 rings (SSSR count). The molecule has 0 aliphatic carbocycles. The number of rotatable bonds is 9. The number of halogens is 1. The van der Waals surface area contributed by atoms with Gasteiger partial charge in [-0.15, -0.1) is 0 Å². The molecule has 2 aromatic carbocycles. The lowest BCUT2D eigenvalue weighted by Gasteiger charge is -2.32. The highest BCUT2D eigenvalue weighted by Crippen LogP contribution is 2.38. The summed E-state index contributed by atoms with van der Waals surface area (Å²) >= 11 is 0. The van der Waals surface area contributed by atoms with Gasteiger partial charge in [-0.1, -0.05) is 18.2 Å². The normalized spacial score (nSPS) is 13.9. The topological polar surface area (TPSA) is 169 Å². The van der Waals surface area contributed by atoms with Gasteiger partial charge in [-0.25, -0.2) is 23.8 Å². The van der Waals surface area contributed by atoms with Gasteiger partial charge in [0.05, 0.1) is 29.4 Å². The van der Waals surface area contributed by atoms with Crippen molar-refractivity contribution in [3.63, 3.8) is 0 Å². The van der Waals surface area contributed by atoms with Crippen LogP contribution in [0.3, 0.4) is 0 Å². The number of aromatic nitrogens is 4. The Morgan fingerprint density at radius 3 is 2.62 bits per heavy atom. The molecule has 6 N–H and O–H groups in total. The van der Waals surface area contributed by atoms with Crippen LogP contribution in [0, 0.1) is 12.7 Å². The smallest absolute Gasteiger partial charge is 0.323 e. The zero-order chi connectivity index (χ0) is 29.8. The molecule has 0 bridgehead atoms. The number of nitrogens with zero attached hydrogens (tertiary/aromatic N) is 6. The van der Waals surface area contributed by atoms with Crippen molar-refractivity contribution in [1.29, 1.82) is 0 Å². The Bertz CT molecular complexity index is 1600. The summed E-state index contributed by atoms with van der Waals surface area (Å²) in [5.74, 6) is -0.495. The molecule has 1 aliphatic heterocycles. The van der Waals surface area contributed by atoms with Crippen LogP contribution in [-0.2, 0) is 4.79 Å². The first kappa shape index (κ1) is 28.9. The molecule has 220 valence electrons. The van der Waals surface area contributed by atoms with Gasteiger partial charge >= 0.3 is 6.03 Å². The van der Waals surface area contributed by atoms with Crippen LogP contribution in [0.25, 0.3) is 22.3 Å². The van der Waals surface area contributed by atoms with Gasteiger partial charge in [-0.05, 0) is 49.6 Å². The van der Waals surface area contributed by atoms with Crippen molar-refractivity contribution < 1.29 is 19.1 Å². The van der Waals surface area contributed by atoms with E-state index in [4.69, 9.17) is 21.7 Å². The average Bonchev–Trinajstić information content (AvgIpc) is 3.37. The van der Waals surface area contributed by atoms with Crippen molar-refractivity contribution in [2.45, 2.75) is 32.2 Å². The molecule has 0 unspecified atom stereocenters. The quantitative estimate of drug-likeness (QED) is 0.221. The van der Waals surface area contributed by atoms with E-state index < -0.39 is 11.8 Å². The number of hydrogen-bond donors (Lipinski definition) is 4. The number of anilines is 3. The Kier molecular flexibility index (Phi) is 8.59. The van der Waals surface area contributed by atoms with Gasteiger partial charge in [0.25, 0.3) is 0 Å². The summed E-state index contributed by atoms with van der Waals surface area (Å²) in [6.07, 6.45) is 2.95. The molecular weight excluding hydrogens is 541 g/mol. The lowest BCUT2D eigenvalue weighted by atomic mass is 10.0. The number of primary amides is 1. The highest BCUT2D eigenvalue weighted by atomic mass is 19.1. The van der Waals surface area contributed by atoms with Crippen molar-refractivity contribution in [3.8, 4) is 11.3 Å². The van der Waals surface area contributed by atoms with Crippen LogP contribution in [0.15, 0.2) is 48.8 Å². The molecule has 0 radical (unpaired) electrons. The molecule has 42 heavy (non-hydrogen) atoms. The zero-order valence-electron chi connectivity index (χ0n) is 23.3. The number of aliphatic hydroxyl groups is 1. The average molecular weight is 576 g/mol. The Labute approximate surface area is 242 Å². The van der Waals surface area contributed by atoms with E-state index in [1.807, 2.05) is 17.9 Å². The minimum Gasteiger partial charge on any atom is -0.395 e. The SMILES string of the molecule is Cc1cccc(N(C(N)=O)c2cccc(-c3nn(C4CCN(C(=O)CCNCCO)CC4)c4ncnc(N)c34)c2F)c1. The molecule has 12 nitrogen and oxygen atoms in total. The molecular formula is C29H34FN9O3. The fraction of sp³-hybridized carbons (Fsp3) is 0.345. The van der Waals surface area contributed by atoms with Gasteiger partial charge in [0.15, 0.2) is 11.5 Å². The lowest BCUT2D eigenvalue weighted by Crippen LogP contribution is -2.40. The Morgan fingerprint density at radius 2 is 1.90 bits per heavy atom. The first-order valence-corrected chi connectivity index (χ1v) is 13.8. The van der Waals surface area contributed by atoms with E-state index in [1.54, 1.807) is 35.0 Å². The van der Waals surface area contributed by atoms with Crippen LogP contribution in [-0.4, -0.2) is 74.5 Å². The van der Waals surface area contributed by atoms with Crippen molar-refractivity contribution in [2.24, 2.45) is 5.73 Å². The predicted molar refractivity (Wildman–Crippen MR) is 157 cm³/mol. The van der Waals surface area contributed by atoms with E-state index in [9.17, 15) is 9.59 Å². The number of aryl methyl sites for hydroxylation is 1. The number of carbonyl (C=O) groups is 2. The monoisotopic (exact) mass is 575 g/mol. The number of hydrogen-bond acceptors (Lipinski definition) is 8. The minimum absolute atomic E-state index is 0.0241. The number of aliphatic hydroxyl groups excluding tert-OH is 1.